The molecule has 0 saturated heterocycles. The predicted molar refractivity (Wildman–Crippen MR) is 103 cm³/mol. The molecule has 1 aliphatic carbocycles. The molecule has 1 atom stereocenters. The van der Waals surface area contributed by atoms with Crippen LogP contribution in [0.4, 0.5) is 0 Å². The lowest BCUT2D eigenvalue weighted by Gasteiger charge is -2.19. The van der Waals surface area contributed by atoms with Gasteiger partial charge in [-0.25, -0.2) is 5.43 Å². The van der Waals surface area contributed by atoms with Crippen molar-refractivity contribution < 1.29 is 14.3 Å². The van der Waals surface area contributed by atoms with E-state index < -0.39 is 6.04 Å². The number of aryl methyl sites for hydroxylation is 1. The van der Waals surface area contributed by atoms with Crippen LogP contribution in [0.15, 0.2) is 48.5 Å². The van der Waals surface area contributed by atoms with Crippen molar-refractivity contribution in [2.24, 2.45) is 0 Å². The summed E-state index contributed by atoms with van der Waals surface area (Å²) in [5.74, 6) is 0.0311. The van der Waals surface area contributed by atoms with Crippen LogP contribution in [0.3, 0.4) is 0 Å². The maximum Gasteiger partial charge on any atom is 0.272 e. The molecule has 27 heavy (non-hydrogen) atoms. The second-order valence-electron chi connectivity index (χ2n) is 6.52. The molecule has 0 aromatic heterocycles. The Morgan fingerprint density at radius 3 is 2.59 bits per heavy atom. The van der Waals surface area contributed by atoms with Crippen LogP contribution in [0.5, 0.6) is 5.75 Å². The van der Waals surface area contributed by atoms with Crippen molar-refractivity contribution in [1.82, 2.24) is 16.2 Å². The van der Waals surface area contributed by atoms with Crippen molar-refractivity contribution in [3.63, 3.8) is 0 Å². The largest absolute Gasteiger partial charge is 0.483 e. The summed E-state index contributed by atoms with van der Waals surface area (Å²) in [7, 11) is 0. The predicted octanol–water partition coefficient (Wildman–Crippen LogP) is 2.67. The van der Waals surface area contributed by atoms with E-state index in [2.05, 4.69) is 16.2 Å². The summed E-state index contributed by atoms with van der Waals surface area (Å²) < 4.78 is 5.52. The van der Waals surface area contributed by atoms with Crippen molar-refractivity contribution in [2.75, 3.05) is 6.61 Å². The van der Waals surface area contributed by atoms with Gasteiger partial charge in [0.15, 0.2) is 6.61 Å². The van der Waals surface area contributed by atoms with Gasteiger partial charge >= 0.3 is 0 Å². The van der Waals surface area contributed by atoms with Gasteiger partial charge in [0.2, 0.25) is 5.91 Å². The number of ether oxygens (including phenoxy) is 1. The van der Waals surface area contributed by atoms with Crippen molar-refractivity contribution in [1.29, 1.82) is 0 Å². The number of benzene rings is 2. The number of hydrazine groups is 1. The van der Waals surface area contributed by atoms with E-state index in [1.807, 2.05) is 37.3 Å². The molecule has 1 aliphatic rings. The maximum absolute atomic E-state index is 12.5. The second kappa shape index (κ2) is 8.88. The summed E-state index contributed by atoms with van der Waals surface area (Å²) in [5.41, 5.74) is 6.98. The Morgan fingerprint density at radius 2 is 1.93 bits per heavy atom. The van der Waals surface area contributed by atoms with E-state index in [9.17, 15) is 9.59 Å². The first-order valence-corrected chi connectivity index (χ1v) is 9.19. The molecular weight excluding hydrogens is 366 g/mol. The summed E-state index contributed by atoms with van der Waals surface area (Å²) in [5, 5.41) is 3.56. The topological polar surface area (TPSA) is 79.5 Å². The van der Waals surface area contributed by atoms with Gasteiger partial charge in [-0.15, -0.1) is 0 Å². The van der Waals surface area contributed by atoms with Crippen LogP contribution in [0, 0.1) is 6.92 Å². The Morgan fingerprint density at radius 1 is 1.19 bits per heavy atom. The molecule has 7 heteroatoms. The van der Waals surface area contributed by atoms with Crippen LogP contribution >= 0.6 is 11.6 Å². The van der Waals surface area contributed by atoms with Crippen LogP contribution < -0.4 is 20.9 Å². The summed E-state index contributed by atoms with van der Waals surface area (Å²) >= 11 is 5.91. The minimum Gasteiger partial charge on any atom is -0.483 e. The minimum absolute atomic E-state index is 0.168. The molecule has 0 aliphatic heterocycles. The molecule has 0 bridgehead atoms. The first-order chi connectivity index (χ1) is 13.0. The zero-order chi connectivity index (χ0) is 19.2. The Bertz CT molecular complexity index is 809. The maximum atomic E-state index is 12.5. The molecular formula is C20H22ClN3O3. The summed E-state index contributed by atoms with van der Waals surface area (Å²) in [6.07, 6.45) is 1.99. The van der Waals surface area contributed by atoms with E-state index in [0.29, 0.717) is 10.8 Å². The molecule has 0 heterocycles. The number of rotatable bonds is 8. The number of amides is 2. The summed E-state index contributed by atoms with van der Waals surface area (Å²) in [6.45, 7) is 1.67. The van der Waals surface area contributed by atoms with Crippen molar-refractivity contribution in [2.45, 2.75) is 31.8 Å². The fraction of sp³-hybridized carbons (Fsp3) is 0.300. The van der Waals surface area contributed by atoms with Crippen molar-refractivity contribution in [3.8, 4) is 5.75 Å². The van der Waals surface area contributed by atoms with Crippen LogP contribution in [0.25, 0.3) is 0 Å². The Balaban J connectivity index is 1.55. The van der Waals surface area contributed by atoms with Crippen molar-refractivity contribution >= 4 is 23.4 Å². The molecule has 6 nitrogen and oxygen atoms in total. The molecule has 1 unspecified atom stereocenters. The standard InChI is InChI=1S/C20H22ClN3O3/c1-13-11-15(21)7-10-17(13)27-12-18(25)23-24-19(14-5-3-2-4-6-14)20(26)22-16-8-9-16/h2-7,10-11,16,19,24H,8-9,12H2,1H3,(H,22,26)(H,23,25). The minimum atomic E-state index is -0.673. The van der Waals surface area contributed by atoms with E-state index >= 15 is 0 Å². The fourth-order valence-electron chi connectivity index (χ4n) is 2.56. The second-order valence-corrected chi connectivity index (χ2v) is 6.95. The summed E-state index contributed by atoms with van der Waals surface area (Å²) in [4.78, 5) is 24.6. The third kappa shape index (κ3) is 5.70. The van der Waals surface area contributed by atoms with E-state index in [1.54, 1.807) is 18.2 Å². The highest BCUT2D eigenvalue weighted by Crippen LogP contribution is 2.22. The van der Waals surface area contributed by atoms with Crippen molar-refractivity contribution in [3.05, 3.63) is 64.7 Å². The van der Waals surface area contributed by atoms with Crippen LogP contribution in [-0.4, -0.2) is 24.5 Å². The molecule has 2 aromatic rings. The Hall–Kier alpha value is -2.57. The van der Waals surface area contributed by atoms with E-state index in [4.69, 9.17) is 16.3 Å². The number of hydrogen-bond acceptors (Lipinski definition) is 4. The van der Waals surface area contributed by atoms with Gasteiger partial charge in [-0.1, -0.05) is 41.9 Å². The van der Waals surface area contributed by atoms with Crippen LogP contribution in [0.2, 0.25) is 5.02 Å². The van der Waals surface area contributed by atoms with Crippen LogP contribution in [0.1, 0.15) is 30.0 Å². The summed E-state index contributed by atoms with van der Waals surface area (Å²) in [6, 6.07) is 14.0. The lowest BCUT2D eigenvalue weighted by Crippen LogP contribution is -2.48. The van der Waals surface area contributed by atoms with Gasteiger partial charge in [-0.05, 0) is 49.1 Å². The third-order valence-corrected chi connectivity index (χ3v) is 4.41. The van der Waals surface area contributed by atoms with E-state index in [-0.39, 0.29) is 24.5 Å². The number of nitrogens with one attached hydrogen (secondary N) is 3. The zero-order valence-electron chi connectivity index (χ0n) is 15.0. The highest BCUT2D eigenvalue weighted by Gasteiger charge is 2.28. The fourth-order valence-corrected chi connectivity index (χ4v) is 2.79. The van der Waals surface area contributed by atoms with Gasteiger partial charge in [-0.2, -0.15) is 0 Å². The van der Waals surface area contributed by atoms with Gasteiger partial charge in [0.05, 0.1) is 0 Å². The number of carbonyl (C=O) groups excluding carboxylic acids is 2. The molecule has 0 spiro atoms. The van der Waals surface area contributed by atoms with E-state index in [0.717, 1.165) is 24.0 Å². The van der Waals surface area contributed by atoms with Gasteiger partial charge in [-0.3, -0.25) is 15.0 Å². The molecule has 1 saturated carbocycles. The monoisotopic (exact) mass is 387 g/mol. The average molecular weight is 388 g/mol. The molecule has 3 rings (SSSR count). The quantitative estimate of drug-likeness (QED) is 0.608. The number of carbonyl (C=O) groups is 2. The lowest BCUT2D eigenvalue weighted by atomic mass is 10.1. The highest BCUT2D eigenvalue weighted by atomic mass is 35.5. The van der Waals surface area contributed by atoms with Crippen LogP contribution in [-0.2, 0) is 9.59 Å². The molecule has 142 valence electrons. The zero-order valence-corrected chi connectivity index (χ0v) is 15.8. The third-order valence-electron chi connectivity index (χ3n) is 4.17. The molecule has 1 fully saturated rings. The van der Waals surface area contributed by atoms with E-state index in [1.165, 1.54) is 0 Å². The SMILES string of the molecule is Cc1cc(Cl)ccc1OCC(=O)NNC(C(=O)NC1CC1)c1ccccc1. The molecule has 0 radical (unpaired) electrons. The number of hydrogen-bond donors (Lipinski definition) is 3. The van der Waals surface area contributed by atoms with Gasteiger partial charge in [0.1, 0.15) is 11.8 Å². The molecule has 2 aromatic carbocycles. The molecule has 3 N–H and O–H groups in total. The first kappa shape index (κ1) is 19.2. The Labute approximate surface area is 163 Å². The van der Waals surface area contributed by atoms with Gasteiger partial charge in [0, 0.05) is 11.1 Å². The molecule has 2 amide bonds. The van der Waals surface area contributed by atoms with Gasteiger partial charge in [0.25, 0.3) is 5.91 Å². The van der Waals surface area contributed by atoms with Gasteiger partial charge < -0.3 is 10.1 Å². The number of halogens is 1. The average Bonchev–Trinajstić information content (AvgIpc) is 3.46. The highest BCUT2D eigenvalue weighted by molar-refractivity contribution is 6.30. The Kier molecular flexibility index (Phi) is 6.32. The smallest absolute Gasteiger partial charge is 0.272 e. The lowest BCUT2D eigenvalue weighted by molar-refractivity contribution is -0.126. The first-order valence-electron chi connectivity index (χ1n) is 8.81. The normalized spacial score (nSPS) is 14.3.